The van der Waals surface area contributed by atoms with Crippen molar-refractivity contribution in [2.24, 2.45) is 0 Å². The molecule has 18 heavy (non-hydrogen) atoms. The maximum absolute atomic E-state index is 11.8. The van der Waals surface area contributed by atoms with E-state index in [1.165, 1.54) is 0 Å². The summed E-state index contributed by atoms with van der Waals surface area (Å²) >= 11 is 9.38. The van der Waals surface area contributed by atoms with Gasteiger partial charge in [-0.05, 0) is 6.42 Å². The van der Waals surface area contributed by atoms with Crippen LogP contribution in [0.4, 0.5) is 5.69 Å². The zero-order valence-corrected chi connectivity index (χ0v) is 12.2. The molecule has 1 heterocycles. The zero-order chi connectivity index (χ0) is 13.1. The van der Waals surface area contributed by atoms with E-state index in [1.807, 2.05) is 6.92 Å². The molecule has 0 fully saturated rings. The summed E-state index contributed by atoms with van der Waals surface area (Å²) in [4.78, 5) is 11.5. The van der Waals surface area contributed by atoms with Gasteiger partial charge in [0.25, 0.3) is 0 Å². The molecule has 0 aliphatic carbocycles. The number of amides is 1. The summed E-state index contributed by atoms with van der Waals surface area (Å²) in [5, 5.41) is 3.19. The molecule has 0 saturated heterocycles. The molecule has 1 atom stereocenters. The molecule has 98 valence electrons. The van der Waals surface area contributed by atoms with Crippen molar-refractivity contribution in [2.45, 2.75) is 18.2 Å². The summed E-state index contributed by atoms with van der Waals surface area (Å²) < 4.78 is 10.8. The number of hydrogen-bond donors (Lipinski definition) is 1. The fraction of sp³-hybridized carbons (Fsp3) is 0.417. The van der Waals surface area contributed by atoms with E-state index < -0.39 is 0 Å². The molecule has 0 saturated carbocycles. The monoisotopic (exact) mass is 333 g/mol. The molecule has 1 aromatic carbocycles. The molecule has 1 aliphatic rings. The van der Waals surface area contributed by atoms with Crippen LogP contribution in [0.5, 0.6) is 11.5 Å². The molecule has 1 aromatic rings. The van der Waals surface area contributed by atoms with Crippen molar-refractivity contribution in [3.05, 3.63) is 17.2 Å². The second-order valence-electron chi connectivity index (χ2n) is 3.84. The highest BCUT2D eigenvalue weighted by Crippen LogP contribution is 2.38. The lowest BCUT2D eigenvalue weighted by molar-refractivity contribution is -0.115. The number of ether oxygens (including phenoxy) is 2. The van der Waals surface area contributed by atoms with E-state index in [9.17, 15) is 4.79 Å². The molecular weight excluding hydrogens is 321 g/mol. The van der Waals surface area contributed by atoms with Gasteiger partial charge in [0.05, 0.1) is 15.5 Å². The fourth-order valence-electron chi connectivity index (χ4n) is 1.56. The number of benzene rings is 1. The Labute approximate surface area is 119 Å². The third-order valence-corrected chi connectivity index (χ3v) is 3.91. The van der Waals surface area contributed by atoms with Gasteiger partial charge in [-0.2, -0.15) is 0 Å². The van der Waals surface area contributed by atoms with Crippen LogP contribution in [0.2, 0.25) is 5.02 Å². The summed E-state index contributed by atoms with van der Waals surface area (Å²) in [5.74, 6) is 1.08. The van der Waals surface area contributed by atoms with Crippen molar-refractivity contribution in [1.29, 1.82) is 0 Å². The van der Waals surface area contributed by atoms with E-state index in [-0.39, 0.29) is 10.7 Å². The van der Waals surface area contributed by atoms with E-state index in [2.05, 4.69) is 21.2 Å². The van der Waals surface area contributed by atoms with E-state index in [1.54, 1.807) is 12.1 Å². The summed E-state index contributed by atoms with van der Waals surface area (Å²) in [6.45, 7) is 2.93. The normalized spacial score (nSPS) is 15.1. The van der Waals surface area contributed by atoms with Crippen LogP contribution in [-0.2, 0) is 4.79 Å². The third kappa shape index (κ3) is 2.90. The van der Waals surface area contributed by atoms with Crippen LogP contribution < -0.4 is 14.8 Å². The van der Waals surface area contributed by atoms with Gasteiger partial charge in [0, 0.05) is 12.1 Å². The van der Waals surface area contributed by atoms with Gasteiger partial charge in [0.1, 0.15) is 13.2 Å². The lowest BCUT2D eigenvalue weighted by Gasteiger charge is -2.20. The van der Waals surface area contributed by atoms with Crippen LogP contribution in [-0.4, -0.2) is 23.9 Å². The third-order valence-electron chi connectivity index (χ3n) is 2.53. The zero-order valence-electron chi connectivity index (χ0n) is 9.83. The Morgan fingerprint density at radius 3 is 2.67 bits per heavy atom. The smallest absolute Gasteiger partial charge is 0.238 e. The predicted octanol–water partition coefficient (Wildman–Crippen LogP) is 3.22. The highest BCUT2D eigenvalue weighted by atomic mass is 79.9. The molecule has 0 aromatic heterocycles. The van der Waals surface area contributed by atoms with Crippen LogP contribution in [0, 0.1) is 0 Å². The Bertz CT molecular complexity index is 467. The van der Waals surface area contributed by atoms with Gasteiger partial charge < -0.3 is 14.8 Å². The number of fused-ring (bicyclic) bond motifs is 1. The maximum Gasteiger partial charge on any atom is 0.238 e. The van der Waals surface area contributed by atoms with Crippen LogP contribution >= 0.6 is 27.5 Å². The van der Waals surface area contributed by atoms with Crippen LogP contribution in [0.3, 0.4) is 0 Å². The molecule has 2 rings (SSSR count). The topological polar surface area (TPSA) is 47.6 Å². The Balaban J connectivity index is 2.20. The number of carbonyl (C=O) groups excluding carboxylic acids is 1. The molecule has 6 heteroatoms. The fourth-order valence-corrected chi connectivity index (χ4v) is 1.87. The Morgan fingerprint density at radius 2 is 2.06 bits per heavy atom. The second kappa shape index (κ2) is 5.80. The minimum atomic E-state index is -0.234. The molecule has 1 amide bonds. The molecular formula is C12H13BrClNO3. The average molecular weight is 335 g/mol. The van der Waals surface area contributed by atoms with E-state index in [4.69, 9.17) is 21.1 Å². The van der Waals surface area contributed by atoms with Gasteiger partial charge in [-0.3, -0.25) is 4.79 Å². The number of halogens is 2. The number of hydrogen-bond acceptors (Lipinski definition) is 3. The van der Waals surface area contributed by atoms with Gasteiger partial charge >= 0.3 is 0 Å². The van der Waals surface area contributed by atoms with Gasteiger partial charge in [-0.15, -0.1) is 0 Å². The number of carbonyl (C=O) groups is 1. The van der Waals surface area contributed by atoms with Crippen LogP contribution in [0.1, 0.15) is 13.3 Å². The number of nitrogens with one attached hydrogen (secondary N) is 1. The molecule has 1 aliphatic heterocycles. The summed E-state index contributed by atoms with van der Waals surface area (Å²) in [5.41, 5.74) is 0.531. The van der Waals surface area contributed by atoms with Crippen molar-refractivity contribution in [3.63, 3.8) is 0 Å². The highest BCUT2D eigenvalue weighted by molar-refractivity contribution is 9.10. The van der Waals surface area contributed by atoms with Crippen molar-refractivity contribution < 1.29 is 14.3 Å². The summed E-state index contributed by atoms with van der Waals surface area (Å²) in [6.07, 6.45) is 0.702. The lowest BCUT2D eigenvalue weighted by Crippen LogP contribution is -2.22. The van der Waals surface area contributed by atoms with Crippen molar-refractivity contribution in [2.75, 3.05) is 18.5 Å². The highest BCUT2D eigenvalue weighted by Gasteiger charge is 2.18. The number of rotatable bonds is 3. The van der Waals surface area contributed by atoms with E-state index in [0.29, 0.717) is 41.8 Å². The first-order valence-electron chi connectivity index (χ1n) is 5.66. The SMILES string of the molecule is CCC(Br)C(=O)Nc1cc2c(cc1Cl)OCCO2. The minimum Gasteiger partial charge on any atom is -0.486 e. The summed E-state index contributed by atoms with van der Waals surface area (Å²) in [7, 11) is 0. The summed E-state index contributed by atoms with van der Waals surface area (Å²) in [6, 6.07) is 3.34. The standard InChI is InChI=1S/C12H13BrClNO3/c1-2-7(13)12(16)15-9-6-11-10(5-8(9)14)17-3-4-18-11/h5-7H,2-4H2,1H3,(H,15,16). The lowest BCUT2D eigenvalue weighted by atomic mass is 10.2. The number of anilines is 1. The van der Waals surface area contributed by atoms with Crippen LogP contribution in [0.15, 0.2) is 12.1 Å². The Morgan fingerprint density at radius 1 is 1.44 bits per heavy atom. The van der Waals surface area contributed by atoms with Gasteiger partial charge in [-0.25, -0.2) is 0 Å². The number of alkyl halides is 1. The first kappa shape index (κ1) is 13.5. The molecule has 0 radical (unpaired) electrons. The molecule has 1 unspecified atom stereocenters. The first-order chi connectivity index (χ1) is 8.61. The first-order valence-corrected chi connectivity index (χ1v) is 6.95. The molecule has 1 N–H and O–H groups in total. The maximum atomic E-state index is 11.8. The molecule has 4 nitrogen and oxygen atoms in total. The Hall–Kier alpha value is -0.940. The van der Waals surface area contributed by atoms with Crippen LogP contribution in [0.25, 0.3) is 0 Å². The van der Waals surface area contributed by atoms with Gasteiger partial charge in [0.2, 0.25) is 5.91 Å². The minimum absolute atomic E-state index is 0.129. The average Bonchev–Trinajstić information content (AvgIpc) is 2.38. The van der Waals surface area contributed by atoms with Crippen molar-refractivity contribution in [1.82, 2.24) is 0 Å². The quantitative estimate of drug-likeness (QED) is 0.863. The van der Waals surface area contributed by atoms with E-state index in [0.717, 1.165) is 0 Å². The second-order valence-corrected chi connectivity index (χ2v) is 5.35. The Kier molecular flexibility index (Phi) is 4.35. The van der Waals surface area contributed by atoms with Gasteiger partial charge in [-0.1, -0.05) is 34.5 Å². The van der Waals surface area contributed by atoms with Crippen molar-refractivity contribution >= 4 is 39.1 Å². The molecule has 0 bridgehead atoms. The van der Waals surface area contributed by atoms with Gasteiger partial charge in [0.15, 0.2) is 11.5 Å². The largest absolute Gasteiger partial charge is 0.486 e. The van der Waals surface area contributed by atoms with Crippen molar-refractivity contribution in [3.8, 4) is 11.5 Å². The predicted molar refractivity (Wildman–Crippen MR) is 74.1 cm³/mol. The molecule has 0 spiro atoms. The van der Waals surface area contributed by atoms with E-state index >= 15 is 0 Å².